The molecule has 2 heteroatoms. The highest BCUT2D eigenvalue weighted by Crippen LogP contribution is 2.63. The highest BCUT2D eigenvalue weighted by Gasteiger charge is 2.49. The van der Waals surface area contributed by atoms with Crippen molar-refractivity contribution in [3.63, 3.8) is 0 Å². The average molecular weight is 885 g/mol. The van der Waals surface area contributed by atoms with Crippen LogP contribution in [-0.4, -0.2) is 8.80 Å². The molecule has 0 atom stereocenters. The van der Waals surface area contributed by atoms with Gasteiger partial charge in [0.15, 0.2) is 0 Å². The second-order valence-corrected chi connectivity index (χ2v) is 19.8. The quantitative estimate of drug-likeness (QED) is 0.167. The van der Waals surface area contributed by atoms with Crippen LogP contribution in [0.3, 0.4) is 0 Å². The van der Waals surface area contributed by atoms with Crippen molar-refractivity contribution in [1.82, 2.24) is 8.80 Å². The van der Waals surface area contributed by atoms with Crippen LogP contribution in [0.15, 0.2) is 243 Å². The number of benzene rings is 11. The minimum atomic E-state index is -0.529. The van der Waals surface area contributed by atoms with Gasteiger partial charge in [-0.3, -0.25) is 0 Å². The third-order valence-corrected chi connectivity index (χ3v) is 16.9. The molecule has 0 unspecified atom stereocenters. The first-order valence-electron chi connectivity index (χ1n) is 24.6. The lowest BCUT2D eigenvalue weighted by atomic mass is 9.67. The molecule has 4 heterocycles. The van der Waals surface area contributed by atoms with E-state index < -0.39 is 10.8 Å². The molecule has 2 nitrogen and oxygen atoms in total. The Labute approximate surface area is 403 Å². The van der Waals surface area contributed by atoms with Crippen LogP contribution in [0.5, 0.6) is 0 Å². The van der Waals surface area contributed by atoms with E-state index in [1.807, 2.05) is 0 Å². The van der Waals surface area contributed by atoms with E-state index in [9.17, 15) is 0 Å². The molecule has 0 spiro atoms. The van der Waals surface area contributed by atoms with Gasteiger partial charge in [0.2, 0.25) is 0 Å². The Hall–Kier alpha value is -8.98. The monoisotopic (exact) mass is 884 g/mol. The molecule has 15 aromatic rings. The van der Waals surface area contributed by atoms with Crippen LogP contribution in [0.25, 0.3) is 98.4 Å². The number of rotatable bonds is 4. The van der Waals surface area contributed by atoms with Gasteiger partial charge in [0.25, 0.3) is 0 Å². The van der Waals surface area contributed by atoms with Crippen LogP contribution in [0.4, 0.5) is 0 Å². The number of hydrogen-bond acceptors (Lipinski definition) is 0. The SMILES string of the molecule is c1ccc(C2(c3ccccc3)c3ccccc3-c3c2cc2c4ccccc4n4c5cc6c7c8c(cc9c%10ccccc%10n(c6cc5c3c24)c97)C(c2ccccc2)(c2ccccc2)c2ccccc2-8)cc1. The van der Waals surface area contributed by atoms with Crippen molar-refractivity contribution in [2.75, 3.05) is 0 Å². The molecule has 0 radical (unpaired) electrons. The first-order valence-corrected chi connectivity index (χ1v) is 24.6. The fraction of sp³-hybridized carbons (Fsp3) is 0.0294. The number of nitrogens with zero attached hydrogens (tertiary/aromatic N) is 2. The fourth-order valence-electron chi connectivity index (χ4n) is 14.5. The Morgan fingerprint density at radius 2 is 0.571 bits per heavy atom. The largest absolute Gasteiger partial charge is 0.308 e. The molecular weight excluding hydrogens is 845 g/mol. The molecule has 322 valence electrons. The first-order chi connectivity index (χ1) is 34.8. The Morgan fingerprint density at radius 3 is 0.957 bits per heavy atom. The average Bonchev–Trinajstić information content (AvgIpc) is 4.26. The maximum atomic E-state index is 2.61. The van der Waals surface area contributed by atoms with Crippen LogP contribution in [-0.2, 0) is 10.8 Å². The summed E-state index contributed by atoms with van der Waals surface area (Å²) in [7, 11) is 0. The van der Waals surface area contributed by atoms with Crippen molar-refractivity contribution in [3.8, 4) is 22.3 Å². The lowest BCUT2D eigenvalue weighted by Crippen LogP contribution is -2.28. The molecule has 0 amide bonds. The molecule has 0 aliphatic heterocycles. The third-order valence-electron chi connectivity index (χ3n) is 16.9. The zero-order valence-electron chi connectivity index (χ0n) is 38.0. The maximum absolute atomic E-state index is 2.61. The van der Waals surface area contributed by atoms with Crippen molar-refractivity contribution < 1.29 is 0 Å². The summed E-state index contributed by atoms with van der Waals surface area (Å²) in [6.07, 6.45) is 0. The molecule has 0 saturated heterocycles. The predicted octanol–water partition coefficient (Wildman–Crippen LogP) is 16.7. The molecule has 0 bridgehead atoms. The maximum Gasteiger partial charge on any atom is 0.0714 e. The molecule has 2 aliphatic carbocycles. The van der Waals surface area contributed by atoms with Crippen molar-refractivity contribution in [3.05, 3.63) is 287 Å². The van der Waals surface area contributed by atoms with Gasteiger partial charge in [0, 0.05) is 43.1 Å². The molecule has 0 saturated carbocycles. The van der Waals surface area contributed by atoms with Gasteiger partial charge in [-0.25, -0.2) is 0 Å². The van der Waals surface area contributed by atoms with Crippen molar-refractivity contribution in [2.45, 2.75) is 10.8 Å². The normalized spacial score (nSPS) is 14.5. The smallest absolute Gasteiger partial charge is 0.0714 e. The van der Waals surface area contributed by atoms with E-state index in [-0.39, 0.29) is 0 Å². The van der Waals surface area contributed by atoms with Crippen LogP contribution in [0, 0.1) is 0 Å². The van der Waals surface area contributed by atoms with E-state index in [1.54, 1.807) is 0 Å². The Kier molecular flexibility index (Phi) is 6.86. The summed E-state index contributed by atoms with van der Waals surface area (Å²) in [6.45, 7) is 0. The number of para-hydroxylation sites is 2. The van der Waals surface area contributed by atoms with Crippen molar-refractivity contribution in [1.29, 1.82) is 0 Å². The lowest BCUT2D eigenvalue weighted by Gasteiger charge is -2.34. The van der Waals surface area contributed by atoms with Gasteiger partial charge in [0.05, 0.1) is 43.9 Å². The number of aromatic nitrogens is 2. The highest BCUT2D eigenvalue weighted by atomic mass is 14.9. The predicted molar refractivity (Wildman–Crippen MR) is 290 cm³/mol. The topological polar surface area (TPSA) is 8.82 Å². The molecule has 11 aromatic carbocycles. The van der Waals surface area contributed by atoms with Gasteiger partial charge in [-0.05, 0) is 103 Å². The minimum absolute atomic E-state index is 0.529. The van der Waals surface area contributed by atoms with Crippen molar-refractivity contribution in [2.24, 2.45) is 0 Å². The zero-order valence-corrected chi connectivity index (χ0v) is 38.0. The van der Waals surface area contributed by atoms with Crippen LogP contribution < -0.4 is 0 Å². The molecule has 0 N–H and O–H groups in total. The summed E-state index contributed by atoms with van der Waals surface area (Å²) in [6, 6.07) is 92.0. The second kappa shape index (κ2) is 13.0. The summed E-state index contributed by atoms with van der Waals surface area (Å²) >= 11 is 0. The lowest BCUT2D eigenvalue weighted by molar-refractivity contribution is 0.770. The van der Waals surface area contributed by atoms with Gasteiger partial charge in [-0.2, -0.15) is 0 Å². The molecule has 2 aliphatic rings. The van der Waals surface area contributed by atoms with Crippen LogP contribution in [0.1, 0.15) is 44.5 Å². The van der Waals surface area contributed by atoms with Crippen LogP contribution in [0.2, 0.25) is 0 Å². The summed E-state index contributed by atoms with van der Waals surface area (Å²) in [5, 5.41) is 10.4. The minimum Gasteiger partial charge on any atom is -0.308 e. The number of hydrogen-bond donors (Lipinski definition) is 0. The molecule has 70 heavy (non-hydrogen) atoms. The van der Waals surface area contributed by atoms with E-state index in [0.29, 0.717) is 0 Å². The van der Waals surface area contributed by atoms with Gasteiger partial charge < -0.3 is 8.80 Å². The summed E-state index contributed by atoms with van der Waals surface area (Å²) in [5.74, 6) is 0. The summed E-state index contributed by atoms with van der Waals surface area (Å²) in [4.78, 5) is 0. The highest BCUT2D eigenvalue weighted by molar-refractivity contribution is 6.34. The molecule has 17 rings (SSSR count). The third kappa shape index (κ3) is 4.14. The summed E-state index contributed by atoms with van der Waals surface area (Å²) < 4.78 is 5.23. The first kappa shape index (κ1) is 37.1. The standard InChI is InChI=1S/C68H40N2/c1-5-21-41(22-6-1)67(42-23-7-2-8-24-42)53-33-17-13-31-47(53)61-55(67)37-49-45-29-15-19-35-57(45)69-59-40-52-60(39-51(59)63(61)65(49)69)70-58-36-20-16-30-46(58)50-38-56-62(64(52)66(50)70)48-32-14-18-34-54(48)68(56,43-25-9-3-10-26-43)44-27-11-4-12-28-44/h1-40H. The molecule has 0 fully saturated rings. The van der Waals surface area contributed by atoms with E-state index in [4.69, 9.17) is 0 Å². The molecular formula is C68H40N2. The van der Waals surface area contributed by atoms with E-state index in [1.165, 1.54) is 143 Å². The van der Waals surface area contributed by atoms with E-state index in [2.05, 4.69) is 251 Å². The number of fused-ring (bicyclic) bond motifs is 20. The van der Waals surface area contributed by atoms with Gasteiger partial charge in [-0.15, -0.1) is 0 Å². The van der Waals surface area contributed by atoms with Gasteiger partial charge in [0.1, 0.15) is 0 Å². The van der Waals surface area contributed by atoms with Gasteiger partial charge in [-0.1, -0.05) is 206 Å². The Bertz CT molecular complexity index is 4290. The van der Waals surface area contributed by atoms with Gasteiger partial charge >= 0.3 is 0 Å². The van der Waals surface area contributed by atoms with E-state index in [0.717, 1.165) is 0 Å². The fourth-order valence-corrected chi connectivity index (χ4v) is 14.5. The van der Waals surface area contributed by atoms with Crippen molar-refractivity contribution >= 4 is 76.2 Å². The van der Waals surface area contributed by atoms with Crippen LogP contribution >= 0.6 is 0 Å². The zero-order chi connectivity index (χ0) is 45.5. The summed E-state index contributed by atoms with van der Waals surface area (Å²) in [5.41, 5.74) is 22.2. The molecule has 4 aromatic heterocycles. The Morgan fingerprint density at radius 1 is 0.243 bits per heavy atom. The second-order valence-electron chi connectivity index (χ2n) is 19.8. The Balaban J connectivity index is 1.10. The van der Waals surface area contributed by atoms with E-state index >= 15 is 0 Å².